The van der Waals surface area contributed by atoms with Crippen molar-refractivity contribution in [2.75, 3.05) is 13.2 Å². The standard InChI is InChI=1S/C14H19BrFNO3S/c1-14(7-3-9-18)6-2-8-17(14)21(19,20)13-5-4-11(16)10-12(13)15/h4-5,10,18H,2-3,6-9H2,1H3. The van der Waals surface area contributed by atoms with Gasteiger partial charge in [0, 0.05) is 23.2 Å². The number of halogens is 2. The molecular weight excluding hydrogens is 361 g/mol. The van der Waals surface area contributed by atoms with Gasteiger partial charge in [0.1, 0.15) is 5.82 Å². The van der Waals surface area contributed by atoms with Crippen molar-refractivity contribution in [1.29, 1.82) is 0 Å². The lowest BCUT2D eigenvalue weighted by molar-refractivity contribution is 0.209. The normalized spacial score (nSPS) is 23.6. The molecule has 0 aliphatic carbocycles. The monoisotopic (exact) mass is 379 g/mol. The van der Waals surface area contributed by atoms with Crippen LogP contribution in [0.25, 0.3) is 0 Å². The van der Waals surface area contributed by atoms with Crippen molar-refractivity contribution in [2.24, 2.45) is 0 Å². The molecule has 1 aromatic rings. The third-order valence-corrected chi connectivity index (χ3v) is 7.05. The fraction of sp³-hybridized carbons (Fsp3) is 0.571. The molecule has 21 heavy (non-hydrogen) atoms. The highest BCUT2D eigenvalue weighted by Crippen LogP contribution is 2.39. The minimum Gasteiger partial charge on any atom is -0.396 e. The molecule has 1 fully saturated rings. The summed E-state index contributed by atoms with van der Waals surface area (Å²) < 4.78 is 40.6. The number of hydrogen-bond donors (Lipinski definition) is 1. The van der Waals surface area contributed by atoms with E-state index >= 15 is 0 Å². The highest BCUT2D eigenvalue weighted by molar-refractivity contribution is 9.10. The number of benzene rings is 1. The zero-order chi connectivity index (χ0) is 15.7. The van der Waals surface area contributed by atoms with Crippen LogP contribution in [0.15, 0.2) is 27.6 Å². The Kier molecular flexibility index (Phi) is 5.07. The number of hydrogen-bond acceptors (Lipinski definition) is 3. The summed E-state index contributed by atoms with van der Waals surface area (Å²) in [7, 11) is -3.69. The van der Waals surface area contributed by atoms with E-state index in [0.29, 0.717) is 19.4 Å². The van der Waals surface area contributed by atoms with Crippen LogP contribution in [-0.4, -0.2) is 36.5 Å². The van der Waals surface area contributed by atoms with Gasteiger partial charge in [-0.15, -0.1) is 0 Å². The Bertz CT molecular complexity index is 623. The van der Waals surface area contributed by atoms with E-state index in [0.717, 1.165) is 25.0 Å². The summed E-state index contributed by atoms with van der Waals surface area (Å²) in [5, 5.41) is 9.00. The van der Waals surface area contributed by atoms with Gasteiger partial charge in [-0.25, -0.2) is 12.8 Å². The van der Waals surface area contributed by atoms with Gasteiger partial charge >= 0.3 is 0 Å². The maximum Gasteiger partial charge on any atom is 0.244 e. The van der Waals surface area contributed by atoms with E-state index in [2.05, 4.69) is 15.9 Å². The first-order chi connectivity index (χ1) is 9.81. The van der Waals surface area contributed by atoms with Gasteiger partial charge in [0.05, 0.1) is 4.90 Å². The van der Waals surface area contributed by atoms with Crippen molar-refractivity contribution in [3.05, 3.63) is 28.5 Å². The highest BCUT2D eigenvalue weighted by atomic mass is 79.9. The van der Waals surface area contributed by atoms with E-state index in [1.165, 1.54) is 10.4 Å². The molecule has 7 heteroatoms. The summed E-state index contributed by atoms with van der Waals surface area (Å²) in [6.45, 7) is 2.41. The smallest absolute Gasteiger partial charge is 0.244 e. The summed E-state index contributed by atoms with van der Waals surface area (Å²) >= 11 is 3.13. The fourth-order valence-corrected chi connectivity index (χ4v) is 5.80. The molecule has 1 saturated heterocycles. The molecular formula is C14H19BrFNO3S. The minimum absolute atomic E-state index is 0.0454. The Morgan fingerprint density at radius 3 is 2.81 bits per heavy atom. The number of aliphatic hydroxyl groups is 1. The number of sulfonamides is 1. The van der Waals surface area contributed by atoms with Crippen LogP contribution in [0, 0.1) is 5.82 Å². The predicted octanol–water partition coefficient (Wildman–Crippen LogP) is 2.90. The first-order valence-corrected chi connectivity index (χ1v) is 9.13. The third-order valence-electron chi connectivity index (χ3n) is 4.01. The van der Waals surface area contributed by atoms with Crippen LogP contribution in [0.5, 0.6) is 0 Å². The highest BCUT2D eigenvalue weighted by Gasteiger charge is 2.44. The molecule has 1 unspecified atom stereocenters. The second-order valence-electron chi connectivity index (χ2n) is 5.58. The van der Waals surface area contributed by atoms with E-state index in [4.69, 9.17) is 5.11 Å². The number of aliphatic hydroxyl groups excluding tert-OH is 1. The maximum absolute atomic E-state index is 13.2. The number of nitrogens with zero attached hydrogens (tertiary/aromatic N) is 1. The Morgan fingerprint density at radius 1 is 1.48 bits per heavy atom. The van der Waals surface area contributed by atoms with E-state index in [-0.39, 0.29) is 16.0 Å². The molecule has 0 saturated carbocycles. The summed E-state index contributed by atoms with van der Waals surface area (Å²) in [5.41, 5.74) is -0.491. The van der Waals surface area contributed by atoms with Crippen LogP contribution in [-0.2, 0) is 10.0 Å². The summed E-state index contributed by atoms with van der Waals surface area (Å²) in [6.07, 6.45) is 2.74. The van der Waals surface area contributed by atoms with Gasteiger partial charge in [-0.3, -0.25) is 0 Å². The summed E-state index contributed by atoms with van der Waals surface area (Å²) in [6, 6.07) is 3.60. The van der Waals surface area contributed by atoms with Gasteiger partial charge < -0.3 is 5.11 Å². The minimum atomic E-state index is -3.69. The average Bonchev–Trinajstić information content (AvgIpc) is 2.79. The van der Waals surface area contributed by atoms with Gasteiger partial charge in [0.15, 0.2) is 0 Å². The molecule has 1 atom stereocenters. The van der Waals surface area contributed by atoms with Crippen molar-refractivity contribution in [2.45, 2.75) is 43.0 Å². The second-order valence-corrected chi connectivity index (χ2v) is 8.26. The number of rotatable bonds is 5. The van der Waals surface area contributed by atoms with Gasteiger partial charge in [-0.2, -0.15) is 4.31 Å². The lowest BCUT2D eigenvalue weighted by Gasteiger charge is -2.34. The average molecular weight is 380 g/mol. The lowest BCUT2D eigenvalue weighted by Crippen LogP contribution is -2.45. The maximum atomic E-state index is 13.2. The van der Waals surface area contributed by atoms with E-state index in [1.54, 1.807) is 0 Å². The molecule has 1 heterocycles. The Balaban J connectivity index is 2.38. The Hall–Kier alpha value is -0.500. The first kappa shape index (κ1) is 16.9. The van der Waals surface area contributed by atoms with Gasteiger partial charge in [-0.05, 0) is 66.7 Å². The molecule has 0 spiro atoms. The third kappa shape index (κ3) is 3.31. The van der Waals surface area contributed by atoms with Gasteiger partial charge in [-0.1, -0.05) is 0 Å². The topological polar surface area (TPSA) is 57.6 Å². The molecule has 1 aliphatic rings. The molecule has 1 aliphatic heterocycles. The van der Waals surface area contributed by atoms with Gasteiger partial charge in [0.2, 0.25) is 10.0 Å². The molecule has 0 aromatic heterocycles. The van der Waals surface area contributed by atoms with Crippen molar-refractivity contribution in [3.8, 4) is 0 Å². The van der Waals surface area contributed by atoms with Crippen molar-refractivity contribution in [3.63, 3.8) is 0 Å². The Morgan fingerprint density at radius 2 is 2.19 bits per heavy atom. The molecule has 2 rings (SSSR count). The van der Waals surface area contributed by atoms with Crippen LogP contribution in [0.1, 0.15) is 32.6 Å². The lowest BCUT2D eigenvalue weighted by atomic mass is 9.94. The molecule has 0 radical (unpaired) electrons. The summed E-state index contributed by atoms with van der Waals surface area (Å²) in [4.78, 5) is 0.0843. The second kappa shape index (κ2) is 6.32. The zero-order valence-electron chi connectivity index (χ0n) is 11.8. The zero-order valence-corrected chi connectivity index (χ0v) is 14.3. The SMILES string of the molecule is CC1(CCCO)CCCN1S(=O)(=O)c1ccc(F)cc1Br. The van der Waals surface area contributed by atoms with Crippen LogP contribution in [0.2, 0.25) is 0 Å². The van der Waals surface area contributed by atoms with E-state index < -0.39 is 21.4 Å². The molecule has 0 bridgehead atoms. The van der Waals surface area contributed by atoms with Gasteiger partial charge in [0.25, 0.3) is 0 Å². The molecule has 4 nitrogen and oxygen atoms in total. The Labute approximate surface area is 133 Å². The van der Waals surface area contributed by atoms with Crippen molar-refractivity contribution >= 4 is 26.0 Å². The summed E-state index contributed by atoms with van der Waals surface area (Å²) in [5.74, 6) is -0.481. The molecule has 1 N–H and O–H groups in total. The van der Waals surface area contributed by atoms with Crippen molar-refractivity contribution in [1.82, 2.24) is 4.31 Å². The molecule has 118 valence electrons. The fourth-order valence-electron chi connectivity index (χ4n) is 2.92. The molecule has 1 aromatic carbocycles. The van der Waals surface area contributed by atoms with Crippen LogP contribution in [0.3, 0.4) is 0 Å². The molecule has 0 amide bonds. The predicted molar refractivity (Wildman–Crippen MR) is 82.0 cm³/mol. The van der Waals surface area contributed by atoms with Crippen LogP contribution >= 0.6 is 15.9 Å². The van der Waals surface area contributed by atoms with Crippen LogP contribution in [0.4, 0.5) is 4.39 Å². The largest absolute Gasteiger partial charge is 0.396 e. The van der Waals surface area contributed by atoms with Crippen molar-refractivity contribution < 1.29 is 17.9 Å². The van der Waals surface area contributed by atoms with E-state index in [1.807, 2.05) is 6.92 Å². The quantitative estimate of drug-likeness (QED) is 0.855. The van der Waals surface area contributed by atoms with E-state index in [9.17, 15) is 12.8 Å². The van der Waals surface area contributed by atoms with Crippen LogP contribution < -0.4 is 0 Å². The first-order valence-electron chi connectivity index (χ1n) is 6.90.